The summed E-state index contributed by atoms with van der Waals surface area (Å²) in [6.07, 6.45) is -2.23. The van der Waals surface area contributed by atoms with Crippen molar-refractivity contribution in [1.82, 2.24) is 19.5 Å². The number of hydrogen-bond acceptors (Lipinski definition) is 13. The molecule has 1 aliphatic heterocycles. The molecule has 180 valence electrons. The van der Waals surface area contributed by atoms with E-state index < -0.39 is 54.1 Å². The average molecular weight is 521 g/mol. The monoisotopic (exact) mass is 521 g/mol. The Bertz CT molecular complexity index is 1150. The summed E-state index contributed by atoms with van der Waals surface area (Å²) in [6, 6.07) is 0. The fraction of sp³-hybridized carbons (Fsp3) is 0.545. The maximum absolute atomic E-state index is 11.9. The molecule has 0 spiro atoms. The van der Waals surface area contributed by atoms with Crippen LogP contribution in [0.4, 0.5) is 5.82 Å². The first kappa shape index (κ1) is 25.3. The number of ether oxygens (including phenoxy) is 1. The minimum absolute atomic E-state index is 0.0381. The van der Waals surface area contributed by atoms with Crippen molar-refractivity contribution in [3.05, 3.63) is 12.7 Å². The van der Waals surface area contributed by atoms with Gasteiger partial charge in [-0.3, -0.25) is 9.09 Å². The van der Waals surface area contributed by atoms with Crippen LogP contribution in [0.3, 0.4) is 0 Å². The number of aliphatic hydroxyl groups excluding tert-OH is 1. The number of aliphatic hydroxyl groups is 2. The SMILES string of the molecule is C[C@]1(O)C(O)[C@@H](COP(=O)(O)OP(=O)(O)OP(=O)(O)O)O[C@H]1n1cnc2c(N)ncnc21. The maximum atomic E-state index is 11.9. The van der Waals surface area contributed by atoms with Crippen LogP contribution in [-0.2, 0) is 31.6 Å². The molecule has 1 fully saturated rings. The number of fused-ring (bicyclic) bond motifs is 1. The third-order valence-electron chi connectivity index (χ3n) is 4.21. The van der Waals surface area contributed by atoms with Crippen LogP contribution in [0.25, 0.3) is 11.2 Å². The Morgan fingerprint density at radius 2 is 1.81 bits per heavy atom. The Kier molecular flexibility index (Phi) is 6.67. The van der Waals surface area contributed by atoms with Gasteiger partial charge in [0.1, 0.15) is 29.7 Å². The van der Waals surface area contributed by atoms with E-state index in [0.717, 1.165) is 6.33 Å². The molecular formula is C11H18N5O13P3. The predicted molar refractivity (Wildman–Crippen MR) is 100 cm³/mol. The standard InChI is InChI=1S/C11H18N5O13P3/c1-11(18)7(17)5(2-26-31(22,23)29-32(24,25)28-30(19,20)21)27-10(11)16-4-15-6-8(12)13-3-14-9(6)16/h3-5,7,10,17-18H,2H2,1H3,(H,22,23)(H,24,25)(H2,12,13,14)(H2,19,20,21)/t5-,7?,10-,11+/m1/s1. The number of hydrogen-bond donors (Lipinski definition) is 7. The van der Waals surface area contributed by atoms with Gasteiger partial charge in [-0.25, -0.2) is 28.6 Å². The largest absolute Gasteiger partial charge is 0.490 e. The molecule has 1 aliphatic rings. The summed E-state index contributed by atoms with van der Waals surface area (Å²) in [5.41, 5.74) is 4.00. The molecule has 18 nitrogen and oxygen atoms in total. The zero-order valence-electron chi connectivity index (χ0n) is 15.8. The van der Waals surface area contributed by atoms with Gasteiger partial charge in [0.25, 0.3) is 0 Å². The van der Waals surface area contributed by atoms with Crippen molar-refractivity contribution in [2.45, 2.75) is 31.0 Å². The van der Waals surface area contributed by atoms with Crippen LogP contribution in [0, 0.1) is 0 Å². The molecule has 0 aromatic carbocycles. The van der Waals surface area contributed by atoms with Crippen LogP contribution in [0.1, 0.15) is 13.2 Å². The topological polar surface area (TPSA) is 279 Å². The van der Waals surface area contributed by atoms with E-state index in [0.29, 0.717) is 0 Å². The molecule has 32 heavy (non-hydrogen) atoms. The molecule has 0 amide bonds. The zero-order valence-corrected chi connectivity index (χ0v) is 18.5. The lowest BCUT2D eigenvalue weighted by Gasteiger charge is -2.27. The van der Waals surface area contributed by atoms with Gasteiger partial charge in [0.15, 0.2) is 17.7 Å². The summed E-state index contributed by atoms with van der Waals surface area (Å²) in [5.74, 6) is 0.0381. The van der Waals surface area contributed by atoms with Gasteiger partial charge in [-0.1, -0.05) is 0 Å². The van der Waals surface area contributed by atoms with E-state index in [9.17, 15) is 28.8 Å². The Hall–Kier alpha value is -1.36. The van der Waals surface area contributed by atoms with Gasteiger partial charge in [0, 0.05) is 0 Å². The number of rotatable bonds is 8. The quantitative estimate of drug-likeness (QED) is 0.200. The van der Waals surface area contributed by atoms with Gasteiger partial charge in [0.2, 0.25) is 0 Å². The number of anilines is 1. The number of imidazole rings is 1. The van der Waals surface area contributed by atoms with Gasteiger partial charge in [-0.15, -0.1) is 0 Å². The zero-order chi connectivity index (χ0) is 24.1. The van der Waals surface area contributed by atoms with Crippen LogP contribution < -0.4 is 5.73 Å². The molecule has 2 aromatic rings. The number of aromatic nitrogens is 4. The second-order valence-electron chi connectivity index (χ2n) is 6.67. The second kappa shape index (κ2) is 8.45. The molecule has 2 aromatic heterocycles. The van der Waals surface area contributed by atoms with Gasteiger partial charge >= 0.3 is 23.5 Å². The number of phosphoric ester groups is 1. The van der Waals surface area contributed by atoms with E-state index in [-0.39, 0.29) is 17.0 Å². The highest BCUT2D eigenvalue weighted by molar-refractivity contribution is 7.66. The van der Waals surface area contributed by atoms with Gasteiger partial charge < -0.3 is 40.3 Å². The fourth-order valence-corrected chi connectivity index (χ4v) is 5.92. The van der Waals surface area contributed by atoms with E-state index in [4.69, 9.17) is 25.2 Å². The van der Waals surface area contributed by atoms with Crippen molar-refractivity contribution >= 4 is 40.4 Å². The Morgan fingerprint density at radius 1 is 1.16 bits per heavy atom. The van der Waals surface area contributed by atoms with Crippen molar-refractivity contribution in [3.63, 3.8) is 0 Å². The van der Waals surface area contributed by atoms with Crippen molar-refractivity contribution in [3.8, 4) is 0 Å². The van der Waals surface area contributed by atoms with E-state index in [1.54, 1.807) is 0 Å². The van der Waals surface area contributed by atoms with E-state index in [1.807, 2.05) is 0 Å². The Morgan fingerprint density at radius 3 is 2.44 bits per heavy atom. The smallest absolute Gasteiger partial charge is 0.387 e. The normalized spacial score (nSPS) is 30.3. The van der Waals surface area contributed by atoms with Crippen LogP contribution in [0.2, 0.25) is 0 Å². The Balaban J connectivity index is 1.74. The molecule has 3 heterocycles. The molecule has 3 rings (SSSR count). The molecule has 0 radical (unpaired) electrons. The van der Waals surface area contributed by atoms with E-state index in [1.165, 1.54) is 17.8 Å². The minimum atomic E-state index is -5.71. The van der Waals surface area contributed by atoms with Crippen LogP contribution >= 0.6 is 23.5 Å². The van der Waals surface area contributed by atoms with Crippen LogP contribution in [-0.4, -0.2) is 73.7 Å². The third-order valence-corrected chi connectivity index (χ3v) is 8.01. The number of nitrogens with zero attached hydrogens (tertiary/aromatic N) is 4. The van der Waals surface area contributed by atoms with Gasteiger partial charge in [-0.05, 0) is 6.92 Å². The number of nitrogen functional groups attached to an aromatic ring is 1. The summed E-state index contributed by atoms with van der Waals surface area (Å²) in [7, 11) is -16.7. The first-order valence-electron chi connectivity index (χ1n) is 8.30. The van der Waals surface area contributed by atoms with Crippen molar-refractivity contribution in [1.29, 1.82) is 0 Å². The molecule has 1 saturated heterocycles. The molecule has 3 unspecified atom stereocenters. The summed E-state index contributed by atoms with van der Waals surface area (Å²) in [6.45, 7) is 0.213. The summed E-state index contributed by atoms with van der Waals surface area (Å²) >= 11 is 0. The van der Waals surface area contributed by atoms with Crippen molar-refractivity contribution in [2.75, 3.05) is 12.3 Å². The summed E-state index contributed by atoms with van der Waals surface area (Å²) in [5, 5.41) is 21.1. The van der Waals surface area contributed by atoms with Crippen LogP contribution in [0.15, 0.2) is 12.7 Å². The average Bonchev–Trinajstić information content (AvgIpc) is 3.11. The highest BCUT2D eigenvalue weighted by atomic mass is 31.3. The molecule has 8 N–H and O–H groups in total. The van der Waals surface area contributed by atoms with Crippen molar-refractivity contribution < 1.29 is 61.4 Å². The lowest BCUT2D eigenvalue weighted by molar-refractivity contribution is -0.0949. The number of nitrogens with two attached hydrogens (primary N) is 1. The Labute approximate surface area is 178 Å². The van der Waals surface area contributed by atoms with Gasteiger partial charge in [-0.2, -0.15) is 8.62 Å². The number of phosphoric acid groups is 3. The molecule has 21 heteroatoms. The lowest BCUT2D eigenvalue weighted by atomic mass is 9.96. The molecule has 0 saturated carbocycles. The third kappa shape index (κ3) is 5.40. The van der Waals surface area contributed by atoms with Crippen LogP contribution in [0.5, 0.6) is 0 Å². The van der Waals surface area contributed by atoms with E-state index in [2.05, 4.69) is 28.1 Å². The maximum Gasteiger partial charge on any atom is 0.490 e. The molecule has 6 atom stereocenters. The summed E-state index contributed by atoms with van der Waals surface area (Å²) < 4.78 is 52.2. The second-order valence-corrected chi connectivity index (χ2v) is 11.1. The predicted octanol–water partition coefficient (Wildman–Crippen LogP) is -1.24. The molecule has 0 bridgehead atoms. The molecule has 0 aliphatic carbocycles. The molecular weight excluding hydrogens is 503 g/mol. The highest BCUT2D eigenvalue weighted by Gasteiger charge is 2.54. The summed E-state index contributed by atoms with van der Waals surface area (Å²) in [4.78, 5) is 47.5. The first-order chi connectivity index (χ1) is 14.5. The fourth-order valence-electron chi connectivity index (χ4n) is 2.89. The minimum Gasteiger partial charge on any atom is -0.387 e. The first-order valence-corrected chi connectivity index (χ1v) is 12.8. The van der Waals surface area contributed by atoms with E-state index >= 15 is 0 Å². The highest BCUT2D eigenvalue weighted by Crippen LogP contribution is 2.66. The van der Waals surface area contributed by atoms with Crippen molar-refractivity contribution in [2.24, 2.45) is 0 Å². The van der Waals surface area contributed by atoms with Gasteiger partial charge in [0.05, 0.1) is 12.9 Å². The lowest BCUT2D eigenvalue weighted by Crippen LogP contribution is -2.44.